The van der Waals surface area contributed by atoms with E-state index in [-0.39, 0.29) is 12.5 Å². The van der Waals surface area contributed by atoms with Crippen LogP contribution >= 0.6 is 0 Å². The highest BCUT2D eigenvalue weighted by atomic mass is 16.7. The fraction of sp³-hybridized carbons (Fsp3) is 0.981. The summed E-state index contributed by atoms with van der Waals surface area (Å²) >= 11 is 0. The van der Waals surface area contributed by atoms with Gasteiger partial charge in [0, 0.05) is 6.42 Å². The van der Waals surface area contributed by atoms with Crippen LogP contribution in [0.25, 0.3) is 0 Å². The molecule has 2 saturated heterocycles. The van der Waals surface area contributed by atoms with E-state index in [9.17, 15) is 45.6 Å². The van der Waals surface area contributed by atoms with E-state index in [0.29, 0.717) is 12.8 Å². The standard InChI is InChI=1S/C52H101NO13/c1-3-5-7-9-11-13-15-16-17-18-19-20-21-22-23-24-26-28-30-32-34-36-44(57)53-40(41(56)35-33-31-29-27-25-14-12-10-8-6-4-2)39-63-51-49(62)47(60)50(43(38-55)65-51)66-52-48(61)46(59)45(58)42(37-54)64-52/h40-43,45-52,54-56,58-62H,3-39H2,1-2H3,(H,53,57). The van der Waals surface area contributed by atoms with Gasteiger partial charge >= 0.3 is 0 Å². The first-order chi connectivity index (χ1) is 32.1. The Morgan fingerprint density at radius 1 is 0.485 bits per heavy atom. The van der Waals surface area contributed by atoms with Crippen LogP contribution in [0.5, 0.6) is 0 Å². The third kappa shape index (κ3) is 26.3. The SMILES string of the molecule is CCCCCCCCCCCCCCCCCCCCCCCC(=O)NC(COC1OC(CO)C(OC2OC(CO)C(O)C(O)C2O)C(O)C1O)C(O)CCCCCCCCCCCCC. The molecule has 12 atom stereocenters. The second-order valence-electron chi connectivity index (χ2n) is 19.7. The number of rotatable bonds is 43. The molecule has 9 N–H and O–H groups in total. The normalized spacial score (nSPS) is 26.7. The maximum absolute atomic E-state index is 13.2. The van der Waals surface area contributed by atoms with Gasteiger partial charge in [-0.25, -0.2) is 0 Å². The Bertz CT molecular complexity index is 1120. The molecule has 0 radical (unpaired) electrons. The summed E-state index contributed by atoms with van der Waals surface area (Å²) in [6, 6.07) is -0.820. The number of aliphatic hydroxyl groups is 8. The molecule has 392 valence electrons. The Kier molecular flexibility index (Phi) is 36.7. The van der Waals surface area contributed by atoms with Gasteiger partial charge in [-0.1, -0.05) is 213 Å². The molecule has 0 bridgehead atoms. The van der Waals surface area contributed by atoms with Crippen molar-refractivity contribution in [3.8, 4) is 0 Å². The minimum atomic E-state index is -1.78. The predicted octanol–water partition coefficient (Wildman–Crippen LogP) is 7.78. The molecule has 0 spiro atoms. The number of carbonyl (C=O) groups is 1. The number of hydrogen-bond donors (Lipinski definition) is 9. The topological polar surface area (TPSA) is 228 Å². The Morgan fingerprint density at radius 3 is 1.29 bits per heavy atom. The van der Waals surface area contributed by atoms with Crippen LogP contribution in [0.3, 0.4) is 0 Å². The van der Waals surface area contributed by atoms with Gasteiger partial charge in [0.15, 0.2) is 12.6 Å². The van der Waals surface area contributed by atoms with Gasteiger partial charge in [0.05, 0.1) is 32.0 Å². The minimum absolute atomic E-state index is 0.203. The second-order valence-corrected chi connectivity index (χ2v) is 19.7. The zero-order valence-electron chi connectivity index (χ0n) is 41.7. The lowest BCUT2D eigenvalue weighted by molar-refractivity contribution is -0.359. The van der Waals surface area contributed by atoms with Crippen LogP contribution in [0, 0.1) is 0 Å². The molecule has 0 aliphatic carbocycles. The summed E-state index contributed by atoms with van der Waals surface area (Å²) in [5.74, 6) is -0.203. The lowest BCUT2D eigenvalue weighted by atomic mass is 9.97. The Labute approximate surface area is 400 Å². The van der Waals surface area contributed by atoms with Crippen molar-refractivity contribution in [3.05, 3.63) is 0 Å². The number of carbonyl (C=O) groups excluding carboxylic acids is 1. The van der Waals surface area contributed by atoms with Gasteiger partial charge < -0.3 is 65.1 Å². The van der Waals surface area contributed by atoms with Crippen LogP contribution in [-0.4, -0.2) is 140 Å². The quantitative estimate of drug-likeness (QED) is 0.0267. The maximum Gasteiger partial charge on any atom is 0.220 e. The van der Waals surface area contributed by atoms with Gasteiger partial charge in [-0.15, -0.1) is 0 Å². The van der Waals surface area contributed by atoms with E-state index in [1.807, 2.05) is 0 Å². The van der Waals surface area contributed by atoms with Gasteiger partial charge in [-0.2, -0.15) is 0 Å². The third-order valence-corrected chi connectivity index (χ3v) is 13.8. The number of amides is 1. The smallest absolute Gasteiger partial charge is 0.220 e. The third-order valence-electron chi connectivity index (χ3n) is 13.8. The summed E-state index contributed by atoms with van der Waals surface area (Å²) < 4.78 is 22.8. The zero-order chi connectivity index (χ0) is 48.2. The lowest BCUT2D eigenvalue weighted by Crippen LogP contribution is -2.65. The van der Waals surface area contributed by atoms with E-state index in [0.717, 1.165) is 51.4 Å². The molecule has 2 fully saturated rings. The van der Waals surface area contributed by atoms with E-state index in [2.05, 4.69) is 19.2 Å². The van der Waals surface area contributed by atoms with Crippen LogP contribution < -0.4 is 5.32 Å². The first kappa shape index (κ1) is 61.1. The van der Waals surface area contributed by atoms with Crippen molar-refractivity contribution in [1.82, 2.24) is 5.32 Å². The maximum atomic E-state index is 13.2. The van der Waals surface area contributed by atoms with Crippen molar-refractivity contribution in [2.45, 2.75) is 306 Å². The van der Waals surface area contributed by atoms with E-state index < -0.39 is 86.8 Å². The number of nitrogens with one attached hydrogen (secondary N) is 1. The summed E-state index contributed by atoms with van der Waals surface area (Å²) in [6.07, 6.45) is 24.0. The molecular weight excluding hydrogens is 847 g/mol. The van der Waals surface area contributed by atoms with Gasteiger partial charge in [-0.3, -0.25) is 4.79 Å². The molecule has 2 rings (SSSR count). The molecule has 66 heavy (non-hydrogen) atoms. The van der Waals surface area contributed by atoms with E-state index >= 15 is 0 Å². The van der Waals surface area contributed by atoms with Crippen molar-refractivity contribution < 1.29 is 64.6 Å². The molecule has 0 saturated carbocycles. The number of aliphatic hydroxyl groups excluding tert-OH is 8. The fourth-order valence-corrected chi connectivity index (χ4v) is 9.36. The highest BCUT2D eigenvalue weighted by Crippen LogP contribution is 2.30. The summed E-state index contributed by atoms with van der Waals surface area (Å²) in [5.41, 5.74) is 0. The summed E-state index contributed by atoms with van der Waals surface area (Å²) in [7, 11) is 0. The summed E-state index contributed by atoms with van der Waals surface area (Å²) in [6.45, 7) is 2.86. The summed E-state index contributed by atoms with van der Waals surface area (Å²) in [4.78, 5) is 13.2. The molecule has 14 heteroatoms. The molecule has 0 aromatic carbocycles. The Hall–Kier alpha value is -1.01. The van der Waals surface area contributed by atoms with Crippen LogP contribution in [0.4, 0.5) is 0 Å². The van der Waals surface area contributed by atoms with E-state index in [1.165, 1.54) is 154 Å². The van der Waals surface area contributed by atoms with Crippen molar-refractivity contribution >= 4 is 5.91 Å². The highest BCUT2D eigenvalue weighted by molar-refractivity contribution is 5.76. The first-order valence-corrected chi connectivity index (χ1v) is 27.3. The van der Waals surface area contributed by atoms with Crippen molar-refractivity contribution in [2.75, 3.05) is 19.8 Å². The average Bonchev–Trinajstić information content (AvgIpc) is 3.31. The number of hydrogen-bond acceptors (Lipinski definition) is 13. The first-order valence-electron chi connectivity index (χ1n) is 27.3. The van der Waals surface area contributed by atoms with E-state index in [4.69, 9.17) is 18.9 Å². The van der Waals surface area contributed by atoms with Crippen molar-refractivity contribution in [2.24, 2.45) is 0 Å². The van der Waals surface area contributed by atoms with Crippen LogP contribution in [0.1, 0.15) is 232 Å². The van der Waals surface area contributed by atoms with Gasteiger partial charge in [0.1, 0.15) is 48.8 Å². The Morgan fingerprint density at radius 2 is 0.864 bits per heavy atom. The molecule has 14 nitrogen and oxygen atoms in total. The largest absolute Gasteiger partial charge is 0.394 e. The molecule has 0 aromatic heterocycles. The number of ether oxygens (including phenoxy) is 4. The van der Waals surface area contributed by atoms with E-state index in [1.54, 1.807) is 0 Å². The van der Waals surface area contributed by atoms with Crippen LogP contribution in [0.15, 0.2) is 0 Å². The Balaban J connectivity index is 1.75. The van der Waals surface area contributed by atoms with Crippen LogP contribution in [0.2, 0.25) is 0 Å². The minimum Gasteiger partial charge on any atom is -0.394 e. The average molecular weight is 948 g/mol. The van der Waals surface area contributed by atoms with Gasteiger partial charge in [0.2, 0.25) is 5.91 Å². The highest BCUT2D eigenvalue weighted by Gasteiger charge is 2.51. The number of unbranched alkanes of at least 4 members (excludes halogenated alkanes) is 30. The van der Waals surface area contributed by atoms with Crippen molar-refractivity contribution in [1.29, 1.82) is 0 Å². The van der Waals surface area contributed by atoms with Gasteiger partial charge in [0.25, 0.3) is 0 Å². The summed E-state index contributed by atoms with van der Waals surface area (Å²) in [5, 5.41) is 86.9. The molecule has 1 amide bonds. The molecule has 2 heterocycles. The predicted molar refractivity (Wildman–Crippen MR) is 259 cm³/mol. The molecular formula is C52H101NO13. The second kappa shape index (κ2) is 39.7. The zero-order valence-corrected chi connectivity index (χ0v) is 41.7. The molecule has 2 aliphatic rings. The molecule has 0 aromatic rings. The lowest BCUT2D eigenvalue weighted by Gasteiger charge is -2.46. The monoisotopic (exact) mass is 948 g/mol. The fourth-order valence-electron chi connectivity index (χ4n) is 9.36. The molecule has 12 unspecified atom stereocenters. The molecule has 2 aliphatic heterocycles. The van der Waals surface area contributed by atoms with Crippen LogP contribution in [-0.2, 0) is 23.7 Å². The van der Waals surface area contributed by atoms with Gasteiger partial charge in [-0.05, 0) is 12.8 Å². The van der Waals surface area contributed by atoms with Crippen molar-refractivity contribution in [3.63, 3.8) is 0 Å².